The van der Waals surface area contributed by atoms with Crippen molar-refractivity contribution < 1.29 is 19.1 Å². The van der Waals surface area contributed by atoms with E-state index in [1.807, 2.05) is 72.1 Å². The molecule has 2 amide bonds. The van der Waals surface area contributed by atoms with Crippen molar-refractivity contribution in [2.75, 3.05) is 53.0 Å². The lowest BCUT2D eigenvalue weighted by Crippen LogP contribution is -2.46. The molecule has 0 aliphatic carbocycles. The summed E-state index contributed by atoms with van der Waals surface area (Å²) in [5.41, 5.74) is 2.79. The fraction of sp³-hybridized carbons (Fsp3) is 0.345. The maximum atomic E-state index is 13.8. The van der Waals surface area contributed by atoms with Crippen LogP contribution < -0.4 is 4.74 Å². The van der Waals surface area contributed by atoms with Gasteiger partial charge in [-0.25, -0.2) is 5.01 Å². The second-order valence-corrected chi connectivity index (χ2v) is 10.2. The quantitative estimate of drug-likeness (QED) is 0.418. The normalized spacial score (nSPS) is 17.8. The number of morpholine rings is 1. The van der Waals surface area contributed by atoms with Crippen molar-refractivity contribution in [2.24, 2.45) is 5.10 Å². The number of amides is 2. The van der Waals surface area contributed by atoms with E-state index in [1.54, 1.807) is 17.0 Å². The van der Waals surface area contributed by atoms with Gasteiger partial charge in [0.05, 0.1) is 37.0 Å². The summed E-state index contributed by atoms with van der Waals surface area (Å²) >= 11 is 1.39. The Morgan fingerprint density at radius 1 is 1.05 bits per heavy atom. The van der Waals surface area contributed by atoms with Gasteiger partial charge in [-0.1, -0.05) is 36.4 Å². The molecule has 1 fully saturated rings. The molecule has 0 spiro atoms. The maximum Gasteiger partial charge on any atom is 0.264 e. The van der Waals surface area contributed by atoms with Crippen LogP contribution in [0.2, 0.25) is 0 Å². The minimum absolute atomic E-state index is 0.0379. The summed E-state index contributed by atoms with van der Waals surface area (Å²) in [5, 5.41) is 8.24. The summed E-state index contributed by atoms with van der Waals surface area (Å²) in [6.45, 7) is 4.14. The van der Waals surface area contributed by atoms with Gasteiger partial charge in [0.2, 0.25) is 0 Å². The van der Waals surface area contributed by atoms with Crippen LogP contribution in [0, 0.1) is 0 Å². The van der Waals surface area contributed by atoms with E-state index in [9.17, 15) is 9.59 Å². The van der Waals surface area contributed by atoms with E-state index in [-0.39, 0.29) is 24.4 Å². The Bertz CT molecular complexity index is 1240. The molecule has 2 aromatic carbocycles. The Balaban J connectivity index is 1.38. The first-order chi connectivity index (χ1) is 18.6. The predicted molar refractivity (Wildman–Crippen MR) is 148 cm³/mol. The smallest absolute Gasteiger partial charge is 0.264 e. The van der Waals surface area contributed by atoms with E-state index in [2.05, 4.69) is 4.90 Å². The summed E-state index contributed by atoms with van der Waals surface area (Å²) in [7, 11) is 1.64. The first kappa shape index (κ1) is 26.1. The van der Waals surface area contributed by atoms with Crippen molar-refractivity contribution in [1.82, 2.24) is 14.8 Å². The number of carbonyl (C=O) groups is 2. The molecule has 9 heteroatoms. The van der Waals surface area contributed by atoms with Crippen molar-refractivity contribution in [3.05, 3.63) is 88.1 Å². The van der Waals surface area contributed by atoms with Crippen LogP contribution in [-0.4, -0.2) is 85.4 Å². The number of methoxy groups -OCH3 is 1. The van der Waals surface area contributed by atoms with Crippen LogP contribution in [0.15, 0.2) is 77.2 Å². The Morgan fingerprint density at radius 2 is 1.82 bits per heavy atom. The molecule has 38 heavy (non-hydrogen) atoms. The SMILES string of the molecule is COc1ccc(C2=NN(C(=O)CN(CCN3CCOCC3)C(=O)c3cccs3)[C@@H](c3ccccc3)C2)cc1. The molecule has 1 aromatic heterocycles. The van der Waals surface area contributed by atoms with E-state index in [0.29, 0.717) is 37.6 Å². The van der Waals surface area contributed by atoms with Crippen molar-refractivity contribution in [1.29, 1.82) is 0 Å². The van der Waals surface area contributed by atoms with Crippen molar-refractivity contribution in [3.8, 4) is 5.75 Å². The monoisotopic (exact) mass is 532 g/mol. The highest BCUT2D eigenvalue weighted by Crippen LogP contribution is 2.33. The Morgan fingerprint density at radius 3 is 2.50 bits per heavy atom. The number of hydrazone groups is 1. The molecule has 8 nitrogen and oxygen atoms in total. The van der Waals surface area contributed by atoms with E-state index >= 15 is 0 Å². The Labute approximate surface area is 227 Å². The molecule has 1 atom stereocenters. The Kier molecular flexibility index (Phi) is 8.47. The van der Waals surface area contributed by atoms with Crippen LogP contribution in [0.3, 0.4) is 0 Å². The highest BCUT2D eigenvalue weighted by molar-refractivity contribution is 7.12. The van der Waals surface area contributed by atoms with Gasteiger partial charge in [0.1, 0.15) is 12.3 Å². The molecule has 2 aliphatic heterocycles. The zero-order chi connectivity index (χ0) is 26.3. The minimum atomic E-state index is -0.237. The number of ether oxygens (including phenoxy) is 2. The number of hydrogen-bond donors (Lipinski definition) is 0. The minimum Gasteiger partial charge on any atom is -0.497 e. The molecule has 0 bridgehead atoms. The molecule has 3 aromatic rings. The summed E-state index contributed by atoms with van der Waals surface area (Å²) in [6, 6.07) is 21.1. The third-order valence-corrected chi connectivity index (χ3v) is 7.77. The molecular weight excluding hydrogens is 500 g/mol. The van der Waals surface area contributed by atoms with E-state index in [1.165, 1.54) is 11.3 Å². The first-order valence-corrected chi connectivity index (χ1v) is 13.7. The van der Waals surface area contributed by atoms with Crippen LogP contribution in [0.4, 0.5) is 0 Å². The molecule has 0 radical (unpaired) electrons. The maximum absolute atomic E-state index is 13.8. The van der Waals surface area contributed by atoms with Gasteiger partial charge < -0.3 is 14.4 Å². The van der Waals surface area contributed by atoms with Gasteiger partial charge in [-0.2, -0.15) is 5.10 Å². The molecule has 5 rings (SSSR count). The van der Waals surface area contributed by atoms with Crippen molar-refractivity contribution in [3.63, 3.8) is 0 Å². The van der Waals surface area contributed by atoms with Crippen LogP contribution in [0.5, 0.6) is 5.75 Å². The molecule has 3 heterocycles. The lowest BCUT2D eigenvalue weighted by atomic mass is 9.98. The van der Waals surface area contributed by atoms with Crippen LogP contribution in [-0.2, 0) is 9.53 Å². The molecule has 0 unspecified atom stereocenters. The zero-order valence-corrected chi connectivity index (χ0v) is 22.3. The standard InChI is InChI=1S/C29H32N4O4S/c1-36-24-11-9-22(10-12-24)25-20-26(23-6-3-2-4-7-23)33(30-25)28(34)21-32(29(35)27-8-5-19-38-27)14-13-31-15-17-37-18-16-31/h2-12,19,26H,13-18,20-21H2,1H3/t26-/m1/s1. The Hall–Kier alpha value is -3.53. The average molecular weight is 533 g/mol. The highest BCUT2D eigenvalue weighted by Gasteiger charge is 2.34. The molecule has 0 N–H and O–H groups in total. The number of hydrogen-bond acceptors (Lipinski definition) is 7. The molecule has 198 valence electrons. The van der Waals surface area contributed by atoms with Crippen LogP contribution in [0.1, 0.15) is 33.3 Å². The van der Waals surface area contributed by atoms with Gasteiger partial charge in [0, 0.05) is 32.6 Å². The zero-order valence-electron chi connectivity index (χ0n) is 21.5. The number of rotatable bonds is 9. The number of thiophene rings is 1. The van der Waals surface area contributed by atoms with E-state index < -0.39 is 0 Å². The lowest BCUT2D eigenvalue weighted by molar-refractivity contribution is -0.133. The molecule has 0 saturated carbocycles. The summed E-state index contributed by atoms with van der Waals surface area (Å²) < 4.78 is 10.7. The van der Waals surface area contributed by atoms with Crippen LogP contribution in [0.25, 0.3) is 0 Å². The van der Waals surface area contributed by atoms with Gasteiger partial charge in [0.15, 0.2) is 0 Å². The largest absolute Gasteiger partial charge is 0.497 e. The fourth-order valence-electron chi connectivity index (χ4n) is 4.76. The number of nitrogens with zero attached hydrogens (tertiary/aromatic N) is 4. The highest BCUT2D eigenvalue weighted by atomic mass is 32.1. The molecule has 1 saturated heterocycles. The van der Waals surface area contributed by atoms with E-state index in [4.69, 9.17) is 14.6 Å². The van der Waals surface area contributed by atoms with Gasteiger partial charge in [-0.15, -0.1) is 11.3 Å². The van der Waals surface area contributed by atoms with Gasteiger partial charge in [-0.3, -0.25) is 14.5 Å². The van der Waals surface area contributed by atoms with E-state index in [0.717, 1.165) is 35.7 Å². The predicted octanol–water partition coefficient (Wildman–Crippen LogP) is 3.91. The third-order valence-electron chi connectivity index (χ3n) is 6.91. The second kappa shape index (κ2) is 12.3. The summed E-state index contributed by atoms with van der Waals surface area (Å²) in [5.74, 6) is 0.438. The number of carbonyl (C=O) groups excluding carboxylic acids is 2. The van der Waals surface area contributed by atoms with Gasteiger partial charge in [0.25, 0.3) is 11.8 Å². The summed E-state index contributed by atoms with van der Waals surface area (Å²) in [4.78, 5) is 31.8. The topological polar surface area (TPSA) is 74.7 Å². The molecular formula is C29H32N4O4S. The van der Waals surface area contributed by atoms with Crippen molar-refractivity contribution >= 4 is 28.9 Å². The molecule has 2 aliphatic rings. The number of benzene rings is 2. The fourth-order valence-corrected chi connectivity index (χ4v) is 5.45. The lowest BCUT2D eigenvalue weighted by Gasteiger charge is -2.31. The van der Waals surface area contributed by atoms with Crippen molar-refractivity contribution in [2.45, 2.75) is 12.5 Å². The van der Waals surface area contributed by atoms with Gasteiger partial charge in [-0.05, 0) is 46.8 Å². The first-order valence-electron chi connectivity index (χ1n) is 12.8. The van der Waals surface area contributed by atoms with Gasteiger partial charge >= 0.3 is 0 Å². The third kappa shape index (κ3) is 6.12. The second-order valence-electron chi connectivity index (χ2n) is 9.30. The summed E-state index contributed by atoms with van der Waals surface area (Å²) in [6.07, 6.45) is 0.592. The van der Waals surface area contributed by atoms with Crippen LogP contribution >= 0.6 is 11.3 Å². The average Bonchev–Trinajstić information content (AvgIpc) is 3.67.